The first-order valence-electron chi connectivity index (χ1n) is 11.1. The van der Waals surface area contributed by atoms with Gasteiger partial charge in [-0.05, 0) is 39.8 Å². The Morgan fingerprint density at radius 1 is 1.36 bits per heavy atom. The highest BCUT2D eigenvalue weighted by Crippen LogP contribution is 2.24. The number of carbonyl (C=O) groups excluding carboxylic acids is 1. The second kappa shape index (κ2) is 10.7. The van der Waals surface area contributed by atoms with Crippen molar-refractivity contribution in [1.82, 2.24) is 24.9 Å². The number of nitriles is 1. The molecule has 12 nitrogen and oxygen atoms in total. The molecule has 0 bridgehead atoms. The number of alkyl carbamates (subject to hydrolysis) is 1. The highest BCUT2D eigenvalue weighted by atomic mass is 35.5. The number of halogens is 1. The molecule has 0 aliphatic rings. The van der Waals surface area contributed by atoms with Gasteiger partial charge in [-0.1, -0.05) is 17.7 Å². The first-order chi connectivity index (χ1) is 16.9. The Morgan fingerprint density at radius 2 is 2.08 bits per heavy atom. The minimum absolute atomic E-state index is 0.0307. The molecule has 0 spiro atoms. The van der Waals surface area contributed by atoms with Crippen LogP contribution >= 0.6 is 11.6 Å². The predicted octanol–water partition coefficient (Wildman–Crippen LogP) is 2.56. The monoisotopic (exact) mass is 513 g/mol. The normalized spacial score (nSPS) is 12.0. The molecule has 0 radical (unpaired) electrons. The van der Waals surface area contributed by atoms with E-state index in [-0.39, 0.29) is 40.7 Å². The average Bonchev–Trinajstić information content (AvgIpc) is 2.77. The number of nitrogen functional groups attached to an aromatic ring is 1. The van der Waals surface area contributed by atoms with E-state index in [2.05, 4.69) is 25.6 Å². The maximum atomic E-state index is 13.6. The van der Waals surface area contributed by atoms with Gasteiger partial charge in [0.25, 0.3) is 5.56 Å². The SMILES string of the molecule is C[C@H](Nc1ncnc(N)c1C#N)c1nc2cccc(Cl)c2c(=O)n1N(C)CCNC(=O)OC(C)(C)C. The molecule has 2 aromatic heterocycles. The molecule has 4 N–H and O–H groups in total. The number of hydrogen-bond acceptors (Lipinski definition) is 10. The maximum absolute atomic E-state index is 13.6. The van der Waals surface area contributed by atoms with Crippen LogP contribution in [0.2, 0.25) is 5.02 Å². The number of likely N-dealkylation sites (N-methyl/N-ethyl adjacent to an activating group) is 1. The molecule has 0 fully saturated rings. The number of carbonyl (C=O) groups is 1. The molecule has 3 rings (SSSR count). The minimum atomic E-state index is -0.632. The van der Waals surface area contributed by atoms with Crippen LogP contribution in [0.25, 0.3) is 10.9 Å². The van der Waals surface area contributed by atoms with Crippen molar-refractivity contribution in [3.8, 4) is 6.07 Å². The fourth-order valence-corrected chi connectivity index (χ4v) is 3.68. The van der Waals surface area contributed by atoms with Crippen molar-refractivity contribution in [3.63, 3.8) is 0 Å². The van der Waals surface area contributed by atoms with Crippen LogP contribution < -0.4 is 26.9 Å². The van der Waals surface area contributed by atoms with E-state index in [1.807, 2.05) is 6.07 Å². The van der Waals surface area contributed by atoms with E-state index in [0.29, 0.717) is 11.3 Å². The summed E-state index contributed by atoms with van der Waals surface area (Å²) < 4.78 is 6.63. The number of anilines is 2. The first-order valence-corrected chi connectivity index (χ1v) is 11.5. The third kappa shape index (κ3) is 5.92. The van der Waals surface area contributed by atoms with Gasteiger partial charge in [0, 0.05) is 13.6 Å². The van der Waals surface area contributed by atoms with E-state index in [0.717, 1.165) is 0 Å². The van der Waals surface area contributed by atoms with E-state index in [1.54, 1.807) is 58.0 Å². The molecule has 190 valence electrons. The lowest BCUT2D eigenvalue weighted by Crippen LogP contribution is -2.47. The second-order valence-corrected chi connectivity index (χ2v) is 9.40. The van der Waals surface area contributed by atoms with Crippen molar-refractivity contribution < 1.29 is 9.53 Å². The Kier molecular flexibility index (Phi) is 7.84. The quantitative estimate of drug-likeness (QED) is 0.427. The van der Waals surface area contributed by atoms with Crippen molar-refractivity contribution in [2.75, 3.05) is 36.2 Å². The van der Waals surface area contributed by atoms with Crippen LogP contribution in [0.1, 0.15) is 45.1 Å². The Balaban J connectivity index is 1.98. The van der Waals surface area contributed by atoms with Gasteiger partial charge in [-0.15, -0.1) is 0 Å². The number of rotatable bonds is 7. The topological polar surface area (TPSA) is 164 Å². The van der Waals surface area contributed by atoms with Gasteiger partial charge in [0.15, 0.2) is 5.82 Å². The minimum Gasteiger partial charge on any atom is -0.444 e. The standard InChI is InChI=1S/C23H28ClN9O3/c1-13(30-19-14(11-25)18(26)28-12-29-19)20-31-16-8-6-7-15(24)17(16)21(34)33(20)32(5)10-9-27-22(35)36-23(2,3)4/h6-8,12-13H,9-10H2,1-5H3,(H,27,35)(H3,26,28,29,30)/t13-/m0/s1. The summed E-state index contributed by atoms with van der Waals surface area (Å²) in [5.74, 6) is 0.567. The first kappa shape index (κ1) is 26.5. The van der Waals surface area contributed by atoms with Crippen molar-refractivity contribution >= 4 is 40.2 Å². The third-order valence-corrected chi connectivity index (χ3v) is 5.34. The summed E-state index contributed by atoms with van der Waals surface area (Å²) in [6, 6.07) is 6.40. The van der Waals surface area contributed by atoms with E-state index in [9.17, 15) is 14.9 Å². The van der Waals surface area contributed by atoms with Gasteiger partial charge in [-0.2, -0.15) is 5.26 Å². The molecule has 1 aromatic carbocycles. The fraction of sp³-hybridized carbons (Fsp3) is 0.391. The van der Waals surface area contributed by atoms with Gasteiger partial charge in [-0.3, -0.25) is 4.79 Å². The average molecular weight is 514 g/mol. The van der Waals surface area contributed by atoms with E-state index in [4.69, 9.17) is 22.1 Å². The Hall–Kier alpha value is -4.11. The number of nitrogens with zero attached hydrogens (tertiary/aromatic N) is 6. The number of benzene rings is 1. The molecule has 2 heterocycles. The number of fused-ring (bicyclic) bond motifs is 1. The molecule has 0 unspecified atom stereocenters. The number of hydrogen-bond donors (Lipinski definition) is 3. The summed E-state index contributed by atoms with van der Waals surface area (Å²) in [5, 5.41) is 17.4. The van der Waals surface area contributed by atoms with Crippen LogP contribution in [-0.4, -0.2) is 51.5 Å². The molecule has 1 atom stereocenters. The molecule has 1 amide bonds. The molecule has 0 saturated heterocycles. The lowest BCUT2D eigenvalue weighted by atomic mass is 10.2. The van der Waals surface area contributed by atoms with Crippen LogP contribution in [-0.2, 0) is 4.74 Å². The lowest BCUT2D eigenvalue weighted by Gasteiger charge is -2.28. The molecule has 0 aliphatic carbocycles. The number of aromatic nitrogens is 4. The van der Waals surface area contributed by atoms with Crippen LogP contribution in [0.4, 0.5) is 16.4 Å². The number of nitrogens with two attached hydrogens (primary N) is 1. The van der Waals surface area contributed by atoms with E-state index in [1.165, 1.54) is 11.0 Å². The molecular formula is C23H28ClN9O3. The summed E-state index contributed by atoms with van der Waals surface area (Å²) in [5.41, 5.74) is 5.27. The van der Waals surface area contributed by atoms with Gasteiger partial charge in [0.2, 0.25) is 0 Å². The molecule has 0 aliphatic heterocycles. The highest BCUT2D eigenvalue weighted by Gasteiger charge is 2.23. The highest BCUT2D eigenvalue weighted by molar-refractivity contribution is 6.35. The van der Waals surface area contributed by atoms with Gasteiger partial charge in [0.1, 0.15) is 35.2 Å². The van der Waals surface area contributed by atoms with Gasteiger partial charge >= 0.3 is 6.09 Å². The largest absolute Gasteiger partial charge is 0.444 e. The summed E-state index contributed by atoms with van der Waals surface area (Å²) >= 11 is 6.34. The fourth-order valence-electron chi connectivity index (χ4n) is 3.43. The summed E-state index contributed by atoms with van der Waals surface area (Å²) in [7, 11) is 1.68. The Morgan fingerprint density at radius 3 is 2.75 bits per heavy atom. The van der Waals surface area contributed by atoms with E-state index < -0.39 is 23.3 Å². The summed E-state index contributed by atoms with van der Waals surface area (Å²) in [4.78, 5) is 38.2. The summed E-state index contributed by atoms with van der Waals surface area (Å²) in [6.45, 7) is 7.52. The maximum Gasteiger partial charge on any atom is 0.407 e. The van der Waals surface area contributed by atoms with Crippen LogP contribution in [0.15, 0.2) is 29.3 Å². The van der Waals surface area contributed by atoms with Crippen LogP contribution in [0.5, 0.6) is 0 Å². The van der Waals surface area contributed by atoms with Gasteiger partial charge in [-0.25, -0.2) is 24.4 Å². The number of ether oxygens (including phenoxy) is 1. The zero-order valence-electron chi connectivity index (χ0n) is 20.7. The molecule has 0 saturated carbocycles. The molecular weight excluding hydrogens is 486 g/mol. The predicted molar refractivity (Wildman–Crippen MR) is 137 cm³/mol. The molecule has 13 heteroatoms. The third-order valence-electron chi connectivity index (χ3n) is 5.02. The van der Waals surface area contributed by atoms with Crippen LogP contribution in [0, 0.1) is 11.3 Å². The van der Waals surface area contributed by atoms with Crippen molar-refractivity contribution in [1.29, 1.82) is 5.26 Å². The molecule has 3 aromatic rings. The van der Waals surface area contributed by atoms with Gasteiger partial charge < -0.3 is 26.1 Å². The second-order valence-electron chi connectivity index (χ2n) is 8.99. The number of nitrogens with one attached hydrogen (secondary N) is 2. The van der Waals surface area contributed by atoms with Crippen molar-refractivity contribution in [2.24, 2.45) is 0 Å². The molecule has 36 heavy (non-hydrogen) atoms. The summed E-state index contributed by atoms with van der Waals surface area (Å²) in [6.07, 6.45) is 0.670. The van der Waals surface area contributed by atoms with E-state index >= 15 is 0 Å². The smallest absolute Gasteiger partial charge is 0.407 e. The zero-order chi connectivity index (χ0) is 26.6. The lowest BCUT2D eigenvalue weighted by molar-refractivity contribution is 0.0529. The Bertz CT molecular complexity index is 1380. The van der Waals surface area contributed by atoms with Crippen molar-refractivity contribution in [2.45, 2.75) is 39.3 Å². The van der Waals surface area contributed by atoms with Gasteiger partial charge in [0.05, 0.1) is 28.5 Å². The Labute approximate surface area is 213 Å². The zero-order valence-corrected chi connectivity index (χ0v) is 21.4. The number of amides is 1. The van der Waals surface area contributed by atoms with Crippen LogP contribution in [0.3, 0.4) is 0 Å². The van der Waals surface area contributed by atoms with Crippen molar-refractivity contribution in [3.05, 3.63) is 51.3 Å².